The van der Waals surface area contributed by atoms with Crippen LogP contribution in [-0.2, 0) is 4.79 Å². The van der Waals surface area contributed by atoms with Crippen molar-refractivity contribution in [3.05, 3.63) is 94.3 Å². The number of hydrogen-bond donors (Lipinski definition) is 2. The third kappa shape index (κ3) is 6.05. The monoisotopic (exact) mass is 472 g/mol. The molecule has 0 atom stereocenters. The van der Waals surface area contributed by atoms with Gasteiger partial charge in [0.1, 0.15) is 17.1 Å². The normalized spacial score (nSPS) is 10.6. The van der Waals surface area contributed by atoms with Crippen LogP contribution in [0.2, 0.25) is 0 Å². The number of benzene rings is 3. The third-order valence-corrected chi connectivity index (χ3v) is 5.15. The molecule has 1 heterocycles. The molecule has 4 aromatic rings. The number of ether oxygens (including phenoxy) is 2. The quantitative estimate of drug-likeness (QED) is 0.358. The number of carbonyl (C=O) groups excluding carboxylic acids is 2. The molecule has 178 valence electrons. The van der Waals surface area contributed by atoms with Crippen LogP contribution in [0.5, 0.6) is 11.5 Å². The fourth-order valence-corrected chi connectivity index (χ4v) is 3.45. The minimum atomic E-state index is -0.443. The molecule has 0 spiro atoms. The molecule has 0 aliphatic carbocycles. The van der Waals surface area contributed by atoms with E-state index < -0.39 is 5.63 Å². The van der Waals surface area contributed by atoms with Crippen LogP contribution in [0.1, 0.15) is 22.8 Å². The Morgan fingerprint density at radius 1 is 0.829 bits per heavy atom. The van der Waals surface area contributed by atoms with Crippen molar-refractivity contribution in [1.29, 1.82) is 0 Å². The molecule has 2 N–H and O–H groups in total. The maximum Gasteiger partial charge on any atom is 0.336 e. The molecular weight excluding hydrogens is 448 g/mol. The van der Waals surface area contributed by atoms with Crippen LogP contribution in [0.25, 0.3) is 11.0 Å². The molecule has 4 rings (SSSR count). The lowest BCUT2D eigenvalue weighted by Gasteiger charge is -2.10. The summed E-state index contributed by atoms with van der Waals surface area (Å²) in [6.07, 6.45) is 0. The average Bonchev–Trinajstić information content (AvgIpc) is 2.84. The molecule has 0 saturated carbocycles. The largest absolute Gasteiger partial charge is 0.494 e. The van der Waals surface area contributed by atoms with E-state index in [1.54, 1.807) is 66.7 Å². The Kier molecular flexibility index (Phi) is 7.11. The highest BCUT2D eigenvalue weighted by atomic mass is 16.5. The van der Waals surface area contributed by atoms with Crippen molar-refractivity contribution >= 4 is 34.2 Å². The Hall–Kier alpha value is -4.59. The molecule has 1 aromatic heterocycles. The van der Waals surface area contributed by atoms with Crippen LogP contribution < -0.4 is 25.7 Å². The number of nitrogens with one attached hydrogen (secondary N) is 2. The van der Waals surface area contributed by atoms with E-state index in [0.717, 1.165) is 16.7 Å². The summed E-state index contributed by atoms with van der Waals surface area (Å²) in [6, 6.07) is 20.1. The summed E-state index contributed by atoms with van der Waals surface area (Å²) >= 11 is 0. The fraction of sp³-hybridized carbons (Fsp3) is 0.148. The van der Waals surface area contributed by atoms with E-state index in [2.05, 4.69) is 10.6 Å². The topological polar surface area (TPSA) is 107 Å². The maximum atomic E-state index is 12.5. The highest BCUT2D eigenvalue weighted by molar-refractivity contribution is 6.04. The van der Waals surface area contributed by atoms with E-state index in [1.807, 2.05) is 13.8 Å². The van der Waals surface area contributed by atoms with Gasteiger partial charge in [-0.1, -0.05) is 0 Å². The molecule has 8 nitrogen and oxygen atoms in total. The second kappa shape index (κ2) is 10.6. The summed E-state index contributed by atoms with van der Waals surface area (Å²) in [5.74, 6) is 0.496. The standard InChI is InChI=1S/C27H24N2O6/c1-3-33-21-10-8-20(9-11-21)29-27(32)18-4-6-19(7-5-18)28-25(30)16-34-22-12-13-23-17(2)14-26(31)35-24(23)15-22/h4-15H,3,16H2,1-2H3,(H,28,30)(H,29,32). The van der Waals surface area contributed by atoms with Crippen LogP contribution in [-0.4, -0.2) is 25.0 Å². The second-order valence-corrected chi connectivity index (χ2v) is 7.73. The second-order valence-electron chi connectivity index (χ2n) is 7.73. The van der Waals surface area contributed by atoms with Gasteiger partial charge in [0, 0.05) is 34.5 Å². The van der Waals surface area contributed by atoms with Crippen molar-refractivity contribution in [3.8, 4) is 11.5 Å². The van der Waals surface area contributed by atoms with Gasteiger partial charge < -0.3 is 24.5 Å². The van der Waals surface area contributed by atoms with Crippen molar-refractivity contribution in [2.24, 2.45) is 0 Å². The van der Waals surface area contributed by atoms with E-state index in [4.69, 9.17) is 13.9 Å². The number of carbonyl (C=O) groups is 2. The van der Waals surface area contributed by atoms with Gasteiger partial charge in [0.25, 0.3) is 11.8 Å². The summed E-state index contributed by atoms with van der Waals surface area (Å²) in [6.45, 7) is 4.06. The molecule has 0 fully saturated rings. The fourth-order valence-electron chi connectivity index (χ4n) is 3.45. The highest BCUT2D eigenvalue weighted by Crippen LogP contribution is 2.22. The lowest BCUT2D eigenvalue weighted by Crippen LogP contribution is -2.20. The van der Waals surface area contributed by atoms with Crippen LogP contribution in [0.3, 0.4) is 0 Å². The summed E-state index contributed by atoms with van der Waals surface area (Å²) in [4.78, 5) is 36.3. The minimum Gasteiger partial charge on any atom is -0.494 e. The van der Waals surface area contributed by atoms with Gasteiger partial charge in [0.15, 0.2) is 6.61 Å². The van der Waals surface area contributed by atoms with E-state index >= 15 is 0 Å². The van der Waals surface area contributed by atoms with Gasteiger partial charge in [0.2, 0.25) is 0 Å². The Labute approximate surface area is 201 Å². The first kappa shape index (κ1) is 23.6. The number of hydrogen-bond acceptors (Lipinski definition) is 6. The van der Waals surface area contributed by atoms with Crippen LogP contribution >= 0.6 is 0 Å². The molecule has 0 radical (unpaired) electrons. The van der Waals surface area contributed by atoms with E-state index in [1.165, 1.54) is 6.07 Å². The Balaban J connectivity index is 1.31. The SMILES string of the molecule is CCOc1ccc(NC(=O)c2ccc(NC(=O)COc3ccc4c(C)cc(=O)oc4c3)cc2)cc1. The molecule has 0 unspecified atom stereocenters. The van der Waals surface area contributed by atoms with Gasteiger partial charge in [-0.15, -0.1) is 0 Å². The molecule has 8 heteroatoms. The average molecular weight is 472 g/mol. The predicted octanol–water partition coefficient (Wildman–Crippen LogP) is 4.77. The summed E-state index contributed by atoms with van der Waals surface area (Å²) in [7, 11) is 0. The van der Waals surface area contributed by atoms with E-state index in [0.29, 0.717) is 34.9 Å². The molecular formula is C27H24N2O6. The molecule has 3 aromatic carbocycles. The number of anilines is 2. The molecule has 0 aliphatic rings. The van der Waals surface area contributed by atoms with Gasteiger partial charge in [-0.2, -0.15) is 0 Å². The Bertz CT molecular complexity index is 1410. The zero-order valence-corrected chi connectivity index (χ0v) is 19.3. The van der Waals surface area contributed by atoms with Crippen LogP contribution in [0, 0.1) is 6.92 Å². The molecule has 35 heavy (non-hydrogen) atoms. The van der Waals surface area contributed by atoms with Crippen molar-refractivity contribution in [2.45, 2.75) is 13.8 Å². The number of rotatable bonds is 8. The summed E-state index contributed by atoms with van der Waals surface area (Å²) in [5.41, 5.74) is 2.37. The maximum absolute atomic E-state index is 12.5. The molecule has 2 amide bonds. The molecule has 0 saturated heterocycles. The number of fused-ring (bicyclic) bond motifs is 1. The number of aryl methyl sites for hydroxylation is 1. The van der Waals surface area contributed by atoms with E-state index in [-0.39, 0.29) is 18.4 Å². The molecule has 0 aliphatic heterocycles. The summed E-state index contributed by atoms with van der Waals surface area (Å²) < 4.78 is 16.1. The van der Waals surface area contributed by atoms with Gasteiger partial charge in [-0.25, -0.2) is 4.79 Å². The third-order valence-electron chi connectivity index (χ3n) is 5.15. The van der Waals surface area contributed by atoms with Crippen LogP contribution in [0.4, 0.5) is 11.4 Å². The van der Waals surface area contributed by atoms with Gasteiger partial charge in [-0.05, 0) is 80.1 Å². The minimum absolute atomic E-state index is 0.235. The first-order chi connectivity index (χ1) is 16.9. The lowest BCUT2D eigenvalue weighted by atomic mass is 10.1. The summed E-state index contributed by atoms with van der Waals surface area (Å²) in [5, 5.41) is 6.33. The van der Waals surface area contributed by atoms with Gasteiger partial charge >= 0.3 is 5.63 Å². The Morgan fingerprint density at radius 3 is 2.20 bits per heavy atom. The zero-order valence-electron chi connectivity index (χ0n) is 19.3. The van der Waals surface area contributed by atoms with Gasteiger partial charge in [0.05, 0.1) is 6.61 Å². The van der Waals surface area contributed by atoms with Crippen molar-refractivity contribution in [1.82, 2.24) is 0 Å². The van der Waals surface area contributed by atoms with E-state index in [9.17, 15) is 14.4 Å². The van der Waals surface area contributed by atoms with Crippen molar-refractivity contribution in [3.63, 3.8) is 0 Å². The van der Waals surface area contributed by atoms with Crippen molar-refractivity contribution in [2.75, 3.05) is 23.8 Å². The molecule has 0 bridgehead atoms. The first-order valence-electron chi connectivity index (χ1n) is 11.0. The predicted molar refractivity (Wildman–Crippen MR) is 133 cm³/mol. The lowest BCUT2D eigenvalue weighted by molar-refractivity contribution is -0.118. The van der Waals surface area contributed by atoms with Crippen molar-refractivity contribution < 1.29 is 23.5 Å². The zero-order chi connectivity index (χ0) is 24.8. The van der Waals surface area contributed by atoms with Crippen LogP contribution in [0.15, 0.2) is 82.0 Å². The first-order valence-corrected chi connectivity index (χ1v) is 11.0. The number of amides is 2. The Morgan fingerprint density at radius 2 is 1.49 bits per heavy atom. The smallest absolute Gasteiger partial charge is 0.336 e. The van der Waals surface area contributed by atoms with Gasteiger partial charge in [-0.3, -0.25) is 9.59 Å². The highest BCUT2D eigenvalue weighted by Gasteiger charge is 2.09.